The number of aromatic nitrogens is 3. The van der Waals surface area contributed by atoms with E-state index >= 15 is 0 Å². The molecule has 2 aromatic rings. The Morgan fingerprint density at radius 2 is 1.74 bits per heavy atom. The maximum Gasteiger partial charge on any atom is 0.451 e. The van der Waals surface area contributed by atoms with Crippen LogP contribution in [0.1, 0.15) is 30.7 Å². The van der Waals surface area contributed by atoms with Gasteiger partial charge in [0.1, 0.15) is 6.54 Å². The molecule has 1 aromatic heterocycles. The van der Waals surface area contributed by atoms with Crippen molar-refractivity contribution in [1.29, 1.82) is 0 Å². The summed E-state index contributed by atoms with van der Waals surface area (Å²) in [5.41, 5.74) is 2.37. The van der Waals surface area contributed by atoms with Gasteiger partial charge in [0, 0.05) is 31.4 Å². The van der Waals surface area contributed by atoms with Crippen molar-refractivity contribution in [3.05, 3.63) is 40.4 Å². The number of nitrogens with zero attached hydrogens (tertiary/aromatic N) is 4. The molecule has 0 aliphatic carbocycles. The second-order valence-electron chi connectivity index (χ2n) is 7.17. The molecule has 5 nitrogen and oxygen atoms in total. The average Bonchev–Trinajstić information content (AvgIpc) is 2.91. The van der Waals surface area contributed by atoms with Crippen molar-refractivity contribution in [2.24, 2.45) is 7.05 Å². The summed E-state index contributed by atoms with van der Waals surface area (Å²) in [6, 6.07) is 8.43. The van der Waals surface area contributed by atoms with E-state index in [0.717, 1.165) is 28.1 Å². The van der Waals surface area contributed by atoms with Crippen LogP contribution in [0.4, 0.5) is 18.9 Å². The molecule has 1 saturated heterocycles. The van der Waals surface area contributed by atoms with Crippen LogP contribution in [0.2, 0.25) is 0 Å². The third-order valence-corrected chi connectivity index (χ3v) is 5.36. The second kappa shape index (κ2) is 8.02. The van der Waals surface area contributed by atoms with Crippen molar-refractivity contribution in [2.75, 3.05) is 25.0 Å². The van der Waals surface area contributed by atoms with Crippen LogP contribution in [0, 0.1) is 4.77 Å². The Bertz CT molecular complexity index is 819. The van der Waals surface area contributed by atoms with E-state index in [4.69, 9.17) is 12.2 Å². The molecule has 1 aliphatic heterocycles. The van der Waals surface area contributed by atoms with Gasteiger partial charge in [-0.1, -0.05) is 12.1 Å². The summed E-state index contributed by atoms with van der Waals surface area (Å²) < 4.78 is 41.1. The Kier molecular flexibility index (Phi) is 5.90. The highest BCUT2D eigenvalue weighted by Crippen LogP contribution is 2.27. The van der Waals surface area contributed by atoms with Gasteiger partial charge < -0.3 is 9.80 Å². The van der Waals surface area contributed by atoms with Crippen LogP contribution in [-0.2, 0) is 26.4 Å². The second-order valence-corrected chi connectivity index (χ2v) is 7.53. The lowest BCUT2D eigenvalue weighted by Gasteiger charge is -2.28. The zero-order valence-electron chi connectivity index (χ0n) is 15.6. The first-order valence-corrected chi connectivity index (χ1v) is 9.53. The summed E-state index contributed by atoms with van der Waals surface area (Å²) in [4.78, 5) is 3.40. The predicted octanol–water partition coefficient (Wildman–Crippen LogP) is 2.63. The molecule has 1 fully saturated rings. The van der Waals surface area contributed by atoms with E-state index in [-0.39, 0.29) is 11.4 Å². The van der Waals surface area contributed by atoms with Crippen LogP contribution < -0.4 is 9.80 Å². The molecule has 9 heteroatoms. The van der Waals surface area contributed by atoms with Crippen LogP contribution in [0.25, 0.3) is 0 Å². The van der Waals surface area contributed by atoms with E-state index in [2.05, 4.69) is 34.3 Å². The van der Waals surface area contributed by atoms with E-state index in [1.807, 2.05) is 7.05 Å². The van der Waals surface area contributed by atoms with Crippen LogP contribution in [0.5, 0.6) is 0 Å². The minimum absolute atomic E-state index is 0.0714. The Labute approximate surface area is 162 Å². The lowest BCUT2D eigenvalue weighted by Crippen LogP contribution is -3.07. The molecule has 1 unspecified atom stereocenters. The van der Waals surface area contributed by atoms with Gasteiger partial charge in [-0.25, -0.2) is 0 Å². The van der Waals surface area contributed by atoms with Crippen LogP contribution in [-0.4, -0.2) is 34.5 Å². The number of rotatable bonds is 5. The largest absolute Gasteiger partial charge is 0.451 e. The molecule has 1 aliphatic rings. The number of quaternary nitrogens is 1. The number of hydrogen-bond acceptors (Lipinski definition) is 3. The van der Waals surface area contributed by atoms with Crippen molar-refractivity contribution >= 4 is 17.9 Å². The number of piperidine rings is 1. The number of benzene rings is 1. The average molecular weight is 400 g/mol. The first-order valence-electron chi connectivity index (χ1n) is 9.12. The molecule has 1 atom stereocenters. The number of halogens is 3. The molecule has 0 amide bonds. The Morgan fingerprint density at radius 1 is 1.11 bits per heavy atom. The van der Waals surface area contributed by atoms with Gasteiger partial charge in [-0.2, -0.15) is 17.9 Å². The molecule has 0 bridgehead atoms. The Balaban J connectivity index is 1.64. The number of alkyl halides is 3. The van der Waals surface area contributed by atoms with Crippen LogP contribution in [0.3, 0.4) is 0 Å². The van der Waals surface area contributed by atoms with E-state index in [9.17, 15) is 13.2 Å². The Morgan fingerprint density at radius 3 is 2.30 bits per heavy atom. The first-order chi connectivity index (χ1) is 12.8. The van der Waals surface area contributed by atoms with E-state index < -0.39 is 12.0 Å². The number of hydrogen-bond donors (Lipinski definition) is 1. The topological polar surface area (TPSA) is 30.4 Å². The Hall–Kier alpha value is -1.87. The summed E-state index contributed by atoms with van der Waals surface area (Å²) >= 11 is 5.10. The molecule has 2 heterocycles. The van der Waals surface area contributed by atoms with Gasteiger partial charge in [-0.05, 0) is 43.6 Å². The summed E-state index contributed by atoms with van der Waals surface area (Å²) in [5, 5.41) is 3.66. The van der Waals surface area contributed by atoms with Crippen molar-refractivity contribution in [1.82, 2.24) is 14.3 Å². The third kappa shape index (κ3) is 4.70. The lowest BCUT2D eigenvalue weighted by molar-refractivity contribution is -0.917. The fourth-order valence-corrected chi connectivity index (χ4v) is 3.67. The monoisotopic (exact) mass is 400 g/mol. The van der Waals surface area contributed by atoms with E-state index in [1.165, 1.54) is 36.7 Å². The molecular weight excluding hydrogens is 375 g/mol. The highest BCUT2D eigenvalue weighted by atomic mass is 32.1. The minimum Gasteiger partial charge on any atom is -0.372 e. The SMILES string of the molecule is Cn1c(C(F)(F)F)nn(C[NH+](C)Cc2ccc(N3CCCCC3)cc2)c1=S. The van der Waals surface area contributed by atoms with Gasteiger partial charge in [0.25, 0.3) is 0 Å². The summed E-state index contributed by atoms with van der Waals surface area (Å²) in [6.07, 6.45) is -0.737. The molecule has 3 rings (SSSR count). The minimum atomic E-state index is -4.51. The highest BCUT2D eigenvalue weighted by Gasteiger charge is 2.37. The summed E-state index contributed by atoms with van der Waals surface area (Å²) in [5.74, 6) is -0.966. The summed E-state index contributed by atoms with van der Waals surface area (Å²) in [6.45, 7) is 3.16. The lowest BCUT2D eigenvalue weighted by atomic mass is 10.1. The number of anilines is 1. The summed E-state index contributed by atoms with van der Waals surface area (Å²) in [7, 11) is 3.21. The fourth-order valence-electron chi connectivity index (χ4n) is 3.47. The van der Waals surface area contributed by atoms with E-state index in [1.54, 1.807) is 0 Å². The maximum absolute atomic E-state index is 13.0. The molecule has 0 radical (unpaired) electrons. The third-order valence-electron chi connectivity index (χ3n) is 4.88. The smallest absolute Gasteiger partial charge is 0.372 e. The number of nitrogens with one attached hydrogen (secondary N) is 1. The van der Waals surface area contributed by atoms with Crippen LogP contribution >= 0.6 is 12.2 Å². The van der Waals surface area contributed by atoms with Gasteiger partial charge in [0.15, 0.2) is 6.67 Å². The van der Waals surface area contributed by atoms with Gasteiger partial charge in [-0.15, -0.1) is 5.10 Å². The standard InChI is InChI=1S/C18H24F3N5S/c1-23(13-26-17(27)24(2)16(22-26)18(19,20)21)12-14-6-8-15(9-7-14)25-10-4-3-5-11-25/h6-9H,3-5,10-13H2,1-2H3/p+1. The van der Waals surface area contributed by atoms with Crippen molar-refractivity contribution in [3.63, 3.8) is 0 Å². The zero-order chi connectivity index (χ0) is 19.6. The molecule has 148 valence electrons. The van der Waals surface area contributed by atoms with Crippen LogP contribution in [0.15, 0.2) is 24.3 Å². The highest BCUT2D eigenvalue weighted by molar-refractivity contribution is 7.71. The van der Waals surface area contributed by atoms with Gasteiger partial charge in [0.2, 0.25) is 10.6 Å². The normalized spacial score (nSPS) is 16.6. The quantitative estimate of drug-likeness (QED) is 0.783. The predicted molar refractivity (Wildman–Crippen MR) is 100 cm³/mol. The van der Waals surface area contributed by atoms with Gasteiger partial charge in [-0.3, -0.25) is 4.57 Å². The van der Waals surface area contributed by atoms with Gasteiger partial charge in [0.05, 0.1) is 7.05 Å². The molecule has 1 N–H and O–H groups in total. The van der Waals surface area contributed by atoms with Crippen molar-refractivity contribution in [2.45, 2.75) is 38.7 Å². The molecule has 0 spiro atoms. The molecule has 1 aromatic carbocycles. The maximum atomic E-state index is 13.0. The van der Waals surface area contributed by atoms with E-state index in [0.29, 0.717) is 6.54 Å². The van der Waals surface area contributed by atoms with Crippen molar-refractivity contribution in [3.8, 4) is 0 Å². The fraction of sp³-hybridized carbons (Fsp3) is 0.556. The zero-order valence-corrected chi connectivity index (χ0v) is 16.4. The first kappa shape index (κ1) is 19.9. The van der Waals surface area contributed by atoms with Gasteiger partial charge >= 0.3 is 6.18 Å². The molecule has 0 saturated carbocycles. The molecule has 27 heavy (non-hydrogen) atoms. The van der Waals surface area contributed by atoms with Crippen molar-refractivity contribution < 1.29 is 18.1 Å². The molecular formula is C18H25F3N5S+.